The van der Waals surface area contributed by atoms with Crippen molar-refractivity contribution in [1.82, 2.24) is 0 Å². The number of halogens is 5. The first kappa shape index (κ1) is 12.4. The van der Waals surface area contributed by atoms with Crippen LogP contribution in [0.2, 0.25) is 0 Å². The molecule has 0 aliphatic carbocycles. The molecule has 0 aromatic heterocycles. The van der Waals surface area contributed by atoms with E-state index in [1.54, 1.807) is 0 Å². The van der Waals surface area contributed by atoms with Crippen LogP contribution in [0, 0.1) is 0 Å². The molecule has 0 spiro atoms. The number of rotatable bonds is 5. The first-order valence-electron chi connectivity index (χ1n) is 3.86. The molecule has 0 fully saturated rings. The normalized spacial score (nSPS) is 13.0. The summed E-state index contributed by atoms with van der Waals surface area (Å²) < 4.78 is 59.1. The lowest BCUT2D eigenvalue weighted by molar-refractivity contribution is -0.284. The topological polar surface area (TPSA) is 0 Å². The number of alkyl halides is 5. The van der Waals surface area contributed by atoms with Crippen LogP contribution in [0.1, 0.15) is 25.7 Å². The van der Waals surface area contributed by atoms with Crippen LogP contribution in [-0.4, -0.2) is 12.1 Å². The predicted molar refractivity (Wildman–Crippen MR) is 39.7 cm³/mol. The van der Waals surface area contributed by atoms with E-state index in [2.05, 4.69) is 6.58 Å². The number of unbranched alkanes of at least 4 members (excludes halogenated alkanes) is 2. The molecular weight excluding hydrogens is 191 g/mol. The Labute approximate surface area is 73.4 Å². The standard InChI is InChI=1S/C8H11F5/c1-2-3-4-5-6-7(9,10)8(11,12)13/h2H,1,3-6H2. The monoisotopic (exact) mass is 202 g/mol. The lowest BCUT2D eigenvalue weighted by atomic mass is 10.1. The van der Waals surface area contributed by atoms with E-state index < -0.39 is 18.5 Å². The van der Waals surface area contributed by atoms with Crippen molar-refractivity contribution in [3.05, 3.63) is 12.7 Å². The Kier molecular flexibility index (Phi) is 4.36. The van der Waals surface area contributed by atoms with Crippen molar-refractivity contribution >= 4 is 0 Å². The van der Waals surface area contributed by atoms with E-state index in [4.69, 9.17) is 0 Å². The van der Waals surface area contributed by atoms with Crippen molar-refractivity contribution in [2.45, 2.75) is 37.8 Å². The molecule has 0 aromatic carbocycles. The highest BCUT2D eigenvalue weighted by Crippen LogP contribution is 2.39. The van der Waals surface area contributed by atoms with Gasteiger partial charge in [-0.05, 0) is 19.3 Å². The van der Waals surface area contributed by atoms with Crippen molar-refractivity contribution in [2.75, 3.05) is 0 Å². The smallest absolute Gasteiger partial charge is 0.196 e. The van der Waals surface area contributed by atoms with Crippen LogP contribution in [0.15, 0.2) is 12.7 Å². The average Bonchev–Trinajstić information content (AvgIpc) is 1.96. The molecule has 0 saturated heterocycles. The van der Waals surface area contributed by atoms with Gasteiger partial charge in [-0.3, -0.25) is 0 Å². The minimum atomic E-state index is -5.42. The zero-order valence-electron chi connectivity index (χ0n) is 7.00. The van der Waals surface area contributed by atoms with Gasteiger partial charge in [0.05, 0.1) is 0 Å². The zero-order chi connectivity index (χ0) is 10.5. The maximum atomic E-state index is 12.2. The van der Waals surface area contributed by atoms with E-state index in [1.165, 1.54) is 6.08 Å². The molecule has 0 unspecified atom stereocenters. The molecule has 0 radical (unpaired) electrons. The predicted octanol–water partition coefficient (Wildman–Crippen LogP) is 3.93. The highest BCUT2D eigenvalue weighted by Gasteiger charge is 2.56. The Hall–Kier alpha value is -0.610. The van der Waals surface area contributed by atoms with Gasteiger partial charge in [0.2, 0.25) is 0 Å². The van der Waals surface area contributed by atoms with Gasteiger partial charge in [0.25, 0.3) is 0 Å². The van der Waals surface area contributed by atoms with Crippen LogP contribution in [-0.2, 0) is 0 Å². The van der Waals surface area contributed by atoms with Gasteiger partial charge in [-0.15, -0.1) is 6.58 Å². The average molecular weight is 202 g/mol. The molecule has 0 bridgehead atoms. The lowest BCUT2D eigenvalue weighted by Crippen LogP contribution is -2.36. The van der Waals surface area contributed by atoms with Gasteiger partial charge < -0.3 is 0 Å². The molecule has 0 atom stereocenters. The van der Waals surface area contributed by atoms with Gasteiger partial charge in [-0.25, -0.2) is 0 Å². The van der Waals surface area contributed by atoms with Crippen molar-refractivity contribution in [3.8, 4) is 0 Å². The van der Waals surface area contributed by atoms with E-state index in [0.29, 0.717) is 12.8 Å². The molecule has 0 aliphatic rings. The van der Waals surface area contributed by atoms with Crippen molar-refractivity contribution in [2.24, 2.45) is 0 Å². The van der Waals surface area contributed by atoms with Gasteiger partial charge in [0.15, 0.2) is 0 Å². The summed E-state index contributed by atoms with van der Waals surface area (Å²) in [5, 5.41) is 0. The largest absolute Gasteiger partial charge is 0.453 e. The lowest BCUT2D eigenvalue weighted by Gasteiger charge is -2.18. The van der Waals surface area contributed by atoms with E-state index in [-0.39, 0.29) is 6.42 Å². The van der Waals surface area contributed by atoms with E-state index >= 15 is 0 Å². The molecule has 0 aromatic rings. The van der Waals surface area contributed by atoms with Crippen LogP contribution >= 0.6 is 0 Å². The molecule has 5 heteroatoms. The SMILES string of the molecule is C=CCCCCC(F)(F)C(F)(F)F. The molecule has 0 rings (SSSR count). The number of hydrogen-bond acceptors (Lipinski definition) is 0. The molecular formula is C8H11F5. The number of allylic oxidation sites excluding steroid dienone is 1. The summed E-state index contributed by atoms with van der Waals surface area (Å²) >= 11 is 0. The maximum absolute atomic E-state index is 12.2. The van der Waals surface area contributed by atoms with Crippen LogP contribution < -0.4 is 0 Å². The highest BCUT2D eigenvalue weighted by atomic mass is 19.4. The fourth-order valence-electron chi connectivity index (χ4n) is 0.777. The van der Waals surface area contributed by atoms with E-state index in [1.807, 2.05) is 0 Å². The van der Waals surface area contributed by atoms with Gasteiger partial charge >= 0.3 is 12.1 Å². The summed E-state index contributed by atoms with van der Waals surface area (Å²) in [5.41, 5.74) is 0. The first-order valence-corrected chi connectivity index (χ1v) is 3.86. The van der Waals surface area contributed by atoms with Gasteiger partial charge in [-0.1, -0.05) is 6.08 Å². The highest BCUT2D eigenvalue weighted by molar-refractivity contribution is 4.76. The molecule has 0 amide bonds. The summed E-state index contributed by atoms with van der Waals surface area (Å²) in [6.07, 6.45) is -4.42. The molecule has 78 valence electrons. The molecule has 0 heterocycles. The van der Waals surface area contributed by atoms with E-state index in [9.17, 15) is 22.0 Å². The molecule has 0 nitrogen and oxygen atoms in total. The van der Waals surface area contributed by atoms with Crippen LogP contribution in [0.3, 0.4) is 0 Å². The maximum Gasteiger partial charge on any atom is 0.453 e. The van der Waals surface area contributed by atoms with Crippen LogP contribution in [0.25, 0.3) is 0 Å². The van der Waals surface area contributed by atoms with Crippen molar-refractivity contribution in [3.63, 3.8) is 0 Å². The summed E-state index contributed by atoms with van der Waals surface area (Å²) in [6, 6.07) is 0. The quantitative estimate of drug-likeness (QED) is 0.360. The second-order valence-electron chi connectivity index (χ2n) is 2.74. The van der Waals surface area contributed by atoms with Crippen LogP contribution in [0.5, 0.6) is 0 Å². The third-order valence-electron chi connectivity index (χ3n) is 1.56. The molecule has 13 heavy (non-hydrogen) atoms. The Balaban J connectivity index is 3.83. The third-order valence-corrected chi connectivity index (χ3v) is 1.56. The minimum Gasteiger partial charge on any atom is -0.196 e. The summed E-state index contributed by atoms with van der Waals surface area (Å²) in [5.74, 6) is -4.55. The fourth-order valence-corrected chi connectivity index (χ4v) is 0.777. The Morgan fingerprint density at radius 3 is 1.92 bits per heavy atom. The zero-order valence-corrected chi connectivity index (χ0v) is 7.00. The summed E-state index contributed by atoms with van der Waals surface area (Å²) in [6.45, 7) is 3.33. The Morgan fingerprint density at radius 1 is 1.00 bits per heavy atom. The Morgan fingerprint density at radius 2 is 1.54 bits per heavy atom. The van der Waals surface area contributed by atoms with Crippen molar-refractivity contribution in [1.29, 1.82) is 0 Å². The number of hydrogen-bond donors (Lipinski definition) is 0. The minimum absolute atomic E-state index is 0.140. The van der Waals surface area contributed by atoms with Gasteiger partial charge in [0.1, 0.15) is 0 Å². The summed E-state index contributed by atoms with van der Waals surface area (Å²) in [4.78, 5) is 0. The fraction of sp³-hybridized carbons (Fsp3) is 0.750. The summed E-state index contributed by atoms with van der Waals surface area (Å²) in [7, 11) is 0. The Bertz CT molecular complexity index is 158. The molecule has 0 aliphatic heterocycles. The van der Waals surface area contributed by atoms with Gasteiger partial charge in [0, 0.05) is 6.42 Å². The third kappa shape index (κ3) is 4.24. The van der Waals surface area contributed by atoms with E-state index in [0.717, 1.165) is 0 Å². The van der Waals surface area contributed by atoms with Crippen LogP contribution in [0.4, 0.5) is 22.0 Å². The van der Waals surface area contributed by atoms with Crippen molar-refractivity contribution < 1.29 is 22.0 Å². The molecule has 0 saturated carbocycles. The first-order chi connectivity index (χ1) is 5.81. The second-order valence-corrected chi connectivity index (χ2v) is 2.74. The molecule has 0 N–H and O–H groups in total. The second kappa shape index (κ2) is 4.58. The van der Waals surface area contributed by atoms with Gasteiger partial charge in [-0.2, -0.15) is 22.0 Å².